The van der Waals surface area contributed by atoms with Gasteiger partial charge in [0.25, 0.3) is 0 Å². The number of hydrogen-bond donors (Lipinski definition) is 0. The monoisotopic (exact) mass is 494 g/mol. The van der Waals surface area contributed by atoms with Gasteiger partial charge in [-0.1, -0.05) is 81.1 Å². The van der Waals surface area contributed by atoms with Crippen molar-refractivity contribution in [1.82, 2.24) is 9.80 Å². The fraction of sp³-hybridized carbons (Fsp3) is 0.800. The number of rotatable bonds is 10. The number of carboxylic acid groups (broad SMARTS) is 2. The summed E-state index contributed by atoms with van der Waals surface area (Å²) in [6.07, 6.45) is 4.56. The average Bonchev–Trinajstić information content (AvgIpc) is 2.64. The number of hydrogen-bond acceptors (Lipinski definition) is 6. The molecule has 0 rings (SSSR count). The molecule has 0 saturated heterocycles. The molecule has 4 radical (unpaired) electrons. The van der Waals surface area contributed by atoms with Gasteiger partial charge in [-0.3, -0.25) is 9.80 Å². The number of nitrogens with zero attached hydrogens (tertiary/aromatic N) is 2. The van der Waals surface area contributed by atoms with E-state index in [9.17, 15) is 19.8 Å². The second-order valence-electron chi connectivity index (χ2n) is 5.37. The van der Waals surface area contributed by atoms with Crippen LogP contribution in [0.5, 0.6) is 0 Å². The zero-order valence-corrected chi connectivity index (χ0v) is 21.4. The molecule has 0 fully saturated rings. The van der Waals surface area contributed by atoms with Crippen LogP contribution in [0.1, 0.15) is 67.2 Å². The molecular weight excluding hydrogens is 451 g/mol. The fourth-order valence-corrected chi connectivity index (χ4v) is 1.26. The second-order valence-corrected chi connectivity index (χ2v) is 5.37. The van der Waals surface area contributed by atoms with Gasteiger partial charge in [0.05, 0.1) is 11.9 Å². The molecule has 6 nitrogen and oxygen atoms in total. The summed E-state index contributed by atoms with van der Waals surface area (Å²) >= 11 is 0. The summed E-state index contributed by atoms with van der Waals surface area (Å²) in [6.45, 7) is 22.3. The van der Waals surface area contributed by atoms with Crippen LogP contribution in [0.2, 0.25) is 0 Å². The Balaban J connectivity index is -0.0000000843. The van der Waals surface area contributed by atoms with Crippen LogP contribution >= 0.6 is 0 Å². The van der Waals surface area contributed by atoms with E-state index in [0.29, 0.717) is 0 Å². The Morgan fingerprint density at radius 1 is 0.667 bits per heavy atom. The maximum Gasteiger partial charge on any atom is 2.00 e. The van der Waals surface area contributed by atoms with Crippen molar-refractivity contribution in [3.05, 3.63) is 13.8 Å². The Bertz CT molecular complexity index is 253. The molecule has 0 aromatic rings. The zero-order chi connectivity index (χ0) is 21.4. The van der Waals surface area contributed by atoms with Crippen LogP contribution in [0.25, 0.3) is 0 Å². The van der Waals surface area contributed by atoms with Crippen LogP contribution in [0.3, 0.4) is 0 Å². The Morgan fingerprint density at radius 2 is 0.852 bits per heavy atom. The predicted molar refractivity (Wildman–Crippen MR) is 112 cm³/mol. The van der Waals surface area contributed by atoms with Gasteiger partial charge in [-0.25, -0.2) is 0 Å². The molecule has 0 aliphatic rings. The van der Waals surface area contributed by atoms with E-state index in [1.54, 1.807) is 9.80 Å². The Kier molecular flexibility index (Phi) is 46.1. The van der Waals surface area contributed by atoms with Crippen LogP contribution in [0.4, 0.5) is 0 Å². The van der Waals surface area contributed by atoms with Gasteiger partial charge in [0.1, 0.15) is 0 Å². The van der Waals surface area contributed by atoms with Crippen molar-refractivity contribution in [2.24, 2.45) is 0 Å². The maximum atomic E-state index is 9.97. The zero-order valence-electron chi connectivity index (χ0n) is 18.5. The summed E-state index contributed by atoms with van der Waals surface area (Å²) in [5.41, 5.74) is 0. The van der Waals surface area contributed by atoms with Crippen molar-refractivity contribution in [3.63, 3.8) is 0 Å². The van der Waals surface area contributed by atoms with E-state index in [-0.39, 0.29) is 37.0 Å². The van der Waals surface area contributed by atoms with Gasteiger partial charge >= 0.3 is 23.9 Å². The Hall–Kier alpha value is -0.341. The van der Waals surface area contributed by atoms with E-state index < -0.39 is 11.9 Å². The molecule has 0 N–H and O–H groups in total. The van der Waals surface area contributed by atoms with E-state index in [0.717, 1.165) is 39.0 Å². The number of carboxylic acids is 2. The minimum atomic E-state index is -1.00. The summed E-state index contributed by atoms with van der Waals surface area (Å²) in [7, 11) is 0. The number of carbonyl (C=O) groups is 2. The Labute approximate surface area is 185 Å². The third kappa shape index (κ3) is 46.1. The van der Waals surface area contributed by atoms with Crippen molar-refractivity contribution in [2.45, 2.75) is 67.2 Å². The van der Waals surface area contributed by atoms with Gasteiger partial charge in [-0.2, -0.15) is 0 Å². The molecule has 0 saturated carbocycles. The second kappa shape index (κ2) is 33.3. The van der Waals surface area contributed by atoms with Crippen molar-refractivity contribution < 1.29 is 19.8 Å². The first-order valence-electron chi connectivity index (χ1n) is 9.66. The molecule has 160 valence electrons. The van der Waals surface area contributed by atoms with Gasteiger partial charge in [0.2, 0.25) is 0 Å². The van der Waals surface area contributed by atoms with E-state index in [2.05, 4.69) is 27.7 Å². The van der Waals surface area contributed by atoms with Crippen LogP contribution in [0, 0.1) is 13.8 Å². The molecule has 0 aromatic heterocycles. The van der Waals surface area contributed by atoms with E-state index in [1.165, 1.54) is 12.8 Å². The predicted octanol–water partition coefficient (Wildman–Crippen LogP) is 1.02. The van der Waals surface area contributed by atoms with Crippen molar-refractivity contribution in [3.8, 4) is 0 Å². The quantitative estimate of drug-likeness (QED) is 0.423. The minimum absolute atomic E-state index is 0. The van der Waals surface area contributed by atoms with Gasteiger partial charge in [-0.05, 0) is 26.2 Å². The van der Waals surface area contributed by atoms with Crippen molar-refractivity contribution in [1.29, 1.82) is 0 Å². The van der Waals surface area contributed by atoms with Crippen molar-refractivity contribution in [2.75, 3.05) is 39.3 Å². The first-order chi connectivity index (χ1) is 12.2. The summed E-state index contributed by atoms with van der Waals surface area (Å²) in [6, 6.07) is 0. The molecule has 0 unspecified atom stereocenters. The standard InChI is InChI=1S/2C6H13NO2.2C4H9.Sn/c2*1-3-7(4-2)5-6(8)9;2*1-3-4-2;/h2*3-5H2,1-2H3,(H,8,9);2*1,3-4H2,2H3;/q;;;;+2/p-2. The molecule has 0 bridgehead atoms. The summed E-state index contributed by atoms with van der Waals surface area (Å²) in [4.78, 5) is 23.5. The first-order valence-corrected chi connectivity index (χ1v) is 9.66. The molecule has 0 aliphatic heterocycles. The van der Waals surface area contributed by atoms with Gasteiger partial charge in [-0.15, -0.1) is 0 Å². The van der Waals surface area contributed by atoms with E-state index >= 15 is 0 Å². The Morgan fingerprint density at radius 3 is 0.889 bits per heavy atom. The molecule has 0 aliphatic carbocycles. The molecule has 0 aromatic carbocycles. The van der Waals surface area contributed by atoms with Gasteiger partial charge in [0.15, 0.2) is 0 Å². The summed E-state index contributed by atoms with van der Waals surface area (Å²) < 4.78 is 0. The molecule has 0 atom stereocenters. The molecule has 7 heteroatoms. The van der Waals surface area contributed by atoms with Crippen LogP contribution < -0.4 is 10.2 Å². The molecule has 27 heavy (non-hydrogen) atoms. The number of likely N-dealkylation sites (N-methyl/N-ethyl adjacent to an activating group) is 2. The maximum absolute atomic E-state index is 9.97. The largest absolute Gasteiger partial charge is 2.00 e. The normalized spacial score (nSPS) is 8.96. The molecule has 0 heterocycles. The van der Waals surface area contributed by atoms with Crippen LogP contribution in [0.15, 0.2) is 0 Å². The first kappa shape index (κ1) is 37.4. The van der Waals surface area contributed by atoms with Crippen molar-refractivity contribution >= 4 is 35.8 Å². The van der Waals surface area contributed by atoms with Gasteiger partial charge in [0, 0.05) is 13.1 Å². The fourth-order valence-electron chi connectivity index (χ4n) is 1.26. The van der Waals surface area contributed by atoms with Crippen LogP contribution in [-0.2, 0) is 9.59 Å². The SMILES string of the molecule is CCN(CC)CC(=O)[O-].CCN(CC)CC(=O)[O-].[CH2]CCC.[CH2]CCC.[Sn+2]. The smallest absolute Gasteiger partial charge is 0.549 e. The third-order valence-electron chi connectivity index (χ3n) is 3.20. The minimum Gasteiger partial charge on any atom is -0.549 e. The molecule has 0 spiro atoms. The molecular formula is C20H42N2O4Sn. The average molecular weight is 493 g/mol. The number of aliphatic carboxylic acids is 2. The molecule has 0 amide bonds. The number of carbonyl (C=O) groups excluding carboxylic acids is 2. The van der Waals surface area contributed by atoms with Gasteiger partial charge < -0.3 is 19.8 Å². The topological polar surface area (TPSA) is 86.7 Å². The third-order valence-corrected chi connectivity index (χ3v) is 3.20. The van der Waals surface area contributed by atoms with Crippen LogP contribution in [-0.4, -0.2) is 84.9 Å². The summed E-state index contributed by atoms with van der Waals surface area (Å²) in [5, 5.41) is 19.9. The van der Waals surface area contributed by atoms with E-state index in [1.807, 2.05) is 27.7 Å². The summed E-state index contributed by atoms with van der Waals surface area (Å²) in [5.74, 6) is -2.00. The van der Waals surface area contributed by atoms with E-state index in [4.69, 9.17) is 0 Å². The number of unbranched alkanes of at least 4 members (excludes halogenated alkanes) is 2.